The fraction of sp³-hybridized carbons (Fsp3) is 0.818. The predicted molar refractivity (Wildman–Crippen MR) is 116 cm³/mol. The highest BCUT2D eigenvalue weighted by Crippen LogP contribution is 2.27. The van der Waals surface area contributed by atoms with Crippen LogP contribution in [0.5, 0.6) is 0 Å². The number of rotatable bonds is 4. The van der Waals surface area contributed by atoms with Crippen LogP contribution in [0.1, 0.15) is 80.1 Å². The lowest BCUT2D eigenvalue weighted by Gasteiger charge is -2.23. The zero-order valence-electron chi connectivity index (χ0n) is 19.9. The van der Waals surface area contributed by atoms with Gasteiger partial charge in [0.15, 0.2) is 0 Å². The van der Waals surface area contributed by atoms with E-state index >= 15 is 0 Å². The Morgan fingerprint density at radius 1 is 0.656 bits per heavy atom. The summed E-state index contributed by atoms with van der Waals surface area (Å²) >= 11 is 0. The van der Waals surface area contributed by atoms with Crippen LogP contribution < -0.4 is 10.6 Å². The van der Waals surface area contributed by atoms with Gasteiger partial charge in [-0.3, -0.25) is 9.59 Å². The Morgan fingerprint density at radius 3 is 1.22 bits per heavy atom. The summed E-state index contributed by atoms with van der Waals surface area (Å²) in [4.78, 5) is 44.7. The molecule has 0 aromatic carbocycles. The van der Waals surface area contributed by atoms with Crippen molar-refractivity contribution in [2.24, 2.45) is 11.8 Å². The minimum Gasteiger partial charge on any atom is -0.481 e. The van der Waals surface area contributed by atoms with E-state index in [1.54, 1.807) is 41.5 Å². The van der Waals surface area contributed by atoms with E-state index in [-0.39, 0.29) is 12.1 Å². The highest BCUT2D eigenvalue weighted by molar-refractivity contribution is 5.74. The second-order valence-corrected chi connectivity index (χ2v) is 10.3. The first-order valence-electron chi connectivity index (χ1n) is 11.0. The number of carboxylic acid groups (broad SMARTS) is 2. The van der Waals surface area contributed by atoms with Gasteiger partial charge < -0.3 is 30.3 Å². The third-order valence-electron chi connectivity index (χ3n) is 5.07. The number of nitrogens with one attached hydrogen (secondary N) is 2. The largest absolute Gasteiger partial charge is 0.481 e. The molecule has 10 heteroatoms. The quantitative estimate of drug-likeness (QED) is 0.499. The lowest BCUT2D eigenvalue weighted by molar-refractivity contribution is -0.143. The van der Waals surface area contributed by atoms with Gasteiger partial charge in [-0.25, -0.2) is 9.59 Å². The molecule has 10 nitrogen and oxygen atoms in total. The summed E-state index contributed by atoms with van der Waals surface area (Å²) in [7, 11) is 0. The Hall–Kier alpha value is -2.52. The van der Waals surface area contributed by atoms with Crippen molar-refractivity contribution >= 4 is 24.1 Å². The molecule has 4 atom stereocenters. The molecule has 4 N–H and O–H groups in total. The van der Waals surface area contributed by atoms with Gasteiger partial charge in [0, 0.05) is 12.1 Å². The molecule has 0 aromatic heterocycles. The van der Waals surface area contributed by atoms with Crippen molar-refractivity contribution < 1.29 is 38.9 Å². The molecule has 0 bridgehead atoms. The van der Waals surface area contributed by atoms with E-state index in [9.17, 15) is 19.2 Å². The minimum absolute atomic E-state index is 0.299. The summed E-state index contributed by atoms with van der Waals surface area (Å²) < 4.78 is 10.2. The van der Waals surface area contributed by atoms with Crippen LogP contribution in [0.3, 0.4) is 0 Å². The fourth-order valence-electron chi connectivity index (χ4n) is 3.77. The number of ether oxygens (including phenoxy) is 2. The smallest absolute Gasteiger partial charge is 0.407 e. The predicted octanol–water partition coefficient (Wildman–Crippen LogP) is 3.53. The fourth-order valence-corrected chi connectivity index (χ4v) is 3.77. The standard InChI is InChI=1S/2C11H19NO4/c2*1-11(2,3)16-10(15)12-8-6-4-5-7(8)9(13)14/h2*7-8H,4-6H2,1-3H3,(H,12,15)(H,13,14). The lowest BCUT2D eigenvalue weighted by atomic mass is 10.0. The molecule has 0 heterocycles. The van der Waals surface area contributed by atoms with E-state index in [1.165, 1.54) is 0 Å². The Morgan fingerprint density at radius 2 is 0.969 bits per heavy atom. The van der Waals surface area contributed by atoms with Crippen LogP contribution in [-0.4, -0.2) is 57.6 Å². The van der Waals surface area contributed by atoms with Gasteiger partial charge in [-0.15, -0.1) is 0 Å². The van der Waals surface area contributed by atoms with Gasteiger partial charge in [0.05, 0.1) is 11.8 Å². The van der Waals surface area contributed by atoms with Crippen molar-refractivity contribution in [1.82, 2.24) is 10.6 Å². The van der Waals surface area contributed by atoms with Crippen LogP contribution in [0.15, 0.2) is 0 Å². The van der Waals surface area contributed by atoms with E-state index in [2.05, 4.69) is 10.6 Å². The van der Waals surface area contributed by atoms with Crippen molar-refractivity contribution in [2.75, 3.05) is 0 Å². The molecule has 0 radical (unpaired) electrons. The maximum atomic E-state index is 11.5. The SMILES string of the molecule is CC(C)(C)OC(=O)NC1CCCC1C(=O)O.CC(C)(C)OC(=O)NC1CCCC1C(=O)O. The number of hydrogen-bond acceptors (Lipinski definition) is 6. The molecular weight excluding hydrogens is 420 g/mol. The summed E-state index contributed by atoms with van der Waals surface area (Å²) in [6.07, 6.45) is 3.24. The molecule has 2 aliphatic rings. The number of hydrogen-bond donors (Lipinski definition) is 4. The second kappa shape index (κ2) is 11.4. The molecule has 32 heavy (non-hydrogen) atoms. The normalized spacial score (nSPS) is 25.2. The average molecular weight is 459 g/mol. The number of aliphatic carboxylic acids is 2. The Labute approximate surface area is 189 Å². The van der Waals surface area contributed by atoms with E-state index in [1.807, 2.05) is 0 Å². The molecule has 2 saturated carbocycles. The number of carbonyl (C=O) groups is 4. The van der Waals surface area contributed by atoms with Crippen LogP contribution in [0.2, 0.25) is 0 Å². The number of amides is 2. The molecule has 184 valence electrons. The maximum absolute atomic E-state index is 11.5. The summed E-state index contributed by atoms with van der Waals surface area (Å²) in [5, 5.41) is 23.1. The van der Waals surface area contributed by atoms with Crippen molar-refractivity contribution in [3.05, 3.63) is 0 Å². The van der Waals surface area contributed by atoms with Gasteiger partial charge in [0.25, 0.3) is 0 Å². The molecule has 2 rings (SSSR count). The zero-order chi connectivity index (χ0) is 24.7. The van der Waals surface area contributed by atoms with Crippen LogP contribution >= 0.6 is 0 Å². The van der Waals surface area contributed by atoms with Crippen molar-refractivity contribution in [2.45, 2.75) is 103 Å². The molecule has 0 aromatic rings. The van der Waals surface area contributed by atoms with Crippen LogP contribution in [0.25, 0.3) is 0 Å². The van der Waals surface area contributed by atoms with Gasteiger partial charge >= 0.3 is 24.1 Å². The van der Waals surface area contributed by atoms with Crippen molar-refractivity contribution in [1.29, 1.82) is 0 Å². The molecular formula is C22H38N2O8. The van der Waals surface area contributed by atoms with Crippen LogP contribution in [-0.2, 0) is 19.1 Å². The first-order chi connectivity index (χ1) is 14.6. The first-order valence-corrected chi connectivity index (χ1v) is 11.0. The van der Waals surface area contributed by atoms with E-state index in [0.717, 1.165) is 12.8 Å². The van der Waals surface area contributed by atoms with Crippen molar-refractivity contribution in [3.63, 3.8) is 0 Å². The summed E-state index contributed by atoms with van der Waals surface area (Å²) in [5.41, 5.74) is -1.11. The molecule has 0 saturated heterocycles. The second-order valence-electron chi connectivity index (χ2n) is 10.3. The Bertz CT molecular complexity index is 622. The Balaban J connectivity index is 0.000000320. The molecule has 2 amide bonds. The monoisotopic (exact) mass is 458 g/mol. The number of carbonyl (C=O) groups excluding carboxylic acids is 2. The molecule has 4 unspecified atom stereocenters. The summed E-state index contributed by atoms with van der Waals surface area (Å²) in [6.45, 7) is 10.6. The van der Waals surface area contributed by atoms with Gasteiger partial charge in [0.1, 0.15) is 11.2 Å². The summed E-state index contributed by atoms with van der Waals surface area (Å²) in [6, 6.07) is -0.598. The zero-order valence-corrected chi connectivity index (χ0v) is 19.9. The number of carboxylic acids is 2. The van der Waals surface area contributed by atoms with Gasteiger partial charge in [-0.2, -0.15) is 0 Å². The average Bonchev–Trinajstić information content (AvgIpc) is 3.20. The first kappa shape index (κ1) is 27.5. The van der Waals surface area contributed by atoms with E-state index in [0.29, 0.717) is 25.7 Å². The topological polar surface area (TPSA) is 151 Å². The lowest BCUT2D eigenvalue weighted by Crippen LogP contribution is -2.42. The summed E-state index contributed by atoms with van der Waals surface area (Å²) in [5.74, 6) is -2.66. The number of alkyl carbamates (subject to hydrolysis) is 2. The van der Waals surface area contributed by atoms with E-state index in [4.69, 9.17) is 19.7 Å². The van der Waals surface area contributed by atoms with Gasteiger partial charge in [-0.1, -0.05) is 12.8 Å². The molecule has 2 aliphatic carbocycles. The van der Waals surface area contributed by atoms with Crippen LogP contribution in [0.4, 0.5) is 9.59 Å². The highest BCUT2D eigenvalue weighted by atomic mass is 16.6. The maximum Gasteiger partial charge on any atom is 0.407 e. The molecule has 0 aliphatic heterocycles. The van der Waals surface area contributed by atoms with Gasteiger partial charge in [-0.05, 0) is 67.2 Å². The Kier molecular flexibility index (Phi) is 9.78. The highest BCUT2D eigenvalue weighted by Gasteiger charge is 2.35. The van der Waals surface area contributed by atoms with Gasteiger partial charge in [0.2, 0.25) is 0 Å². The molecule has 2 fully saturated rings. The minimum atomic E-state index is -0.849. The molecule has 0 spiro atoms. The van der Waals surface area contributed by atoms with Crippen molar-refractivity contribution in [3.8, 4) is 0 Å². The third-order valence-corrected chi connectivity index (χ3v) is 5.07. The van der Waals surface area contributed by atoms with E-state index < -0.39 is 47.2 Å². The third kappa shape index (κ3) is 10.2. The van der Waals surface area contributed by atoms with Crippen LogP contribution in [0, 0.1) is 11.8 Å².